The summed E-state index contributed by atoms with van der Waals surface area (Å²) in [5.74, 6) is 1.68. The summed E-state index contributed by atoms with van der Waals surface area (Å²) < 4.78 is 0. The van der Waals surface area contributed by atoms with Crippen LogP contribution in [0.2, 0.25) is 0 Å². The third-order valence-corrected chi connectivity index (χ3v) is 6.58. The molecule has 0 bridgehead atoms. The van der Waals surface area contributed by atoms with Gasteiger partial charge in [-0.15, -0.1) is 0 Å². The molecule has 2 N–H and O–H groups in total. The molecule has 0 aliphatic heterocycles. The number of fused-ring (bicyclic) bond motifs is 1. The molecule has 34 heavy (non-hydrogen) atoms. The Morgan fingerprint density at radius 3 is 2.29 bits per heavy atom. The molecule has 0 spiro atoms. The Morgan fingerprint density at radius 2 is 1.56 bits per heavy atom. The molecule has 2 heterocycles. The molecular formula is C28H32N6. The first-order valence-electron chi connectivity index (χ1n) is 12.1. The van der Waals surface area contributed by atoms with Gasteiger partial charge in [-0.25, -0.2) is 4.98 Å². The second kappa shape index (κ2) is 10.2. The highest BCUT2D eigenvalue weighted by Crippen LogP contribution is 2.26. The van der Waals surface area contributed by atoms with Gasteiger partial charge in [0, 0.05) is 49.9 Å². The van der Waals surface area contributed by atoms with Gasteiger partial charge in [-0.1, -0.05) is 42.5 Å². The first-order chi connectivity index (χ1) is 16.7. The van der Waals surface area contributed by atoms with Crippen LogP contribution in [0.15, 0.2) is 72.9 Å². The first kappa shape index (κ1) is 22.3. The zero-order chi connectivity index (χ0) is 23.3. The van der Waals surface area contributed by atoms with Gasteiger partial charge in [0.25, 0.3) is 0 Å². The highest BCUT2D eigenvalue weighted by molar-refractivity contribution is 5.90. The molecule has 2 aromatic carbocycles. The SMILES string of the molecule is CN(C)c1nc(NC2CCC(NCc3ccc(-c4ccccn4)cc3)CC2)nc2ccccc12. The number of hydrogen-bond acceptors (Lipinski definition) is 6. The van der Waals surface area contributed by atoms with Gasteiger partial charge in [0.15, 0.2) is 0 Å². The Bertz CT molecular complexity index is 1210. The maximum Gasteiger partial charge on any atom is 0.225 e. The van der Waals surface area contributed by atoms with Crippen LogP contribution in [0.1, 0.15) is 31.2 Å². The van der Waals surface area contributed by atoms with Crippen molar-refractivity contribution in [1.82, 2.24) is 20.3 Å². The average Bonchev–Trinajstić information content (AvgIpc) is 2.88. The topological polar surface area (TPSA) is 66.0 Å². The second-order valence-corrected chi connectivity index (χ2v) is 9.27. The van der Waals surface area contributed by atoms with Crippen LogP contribution < -0.4 is 15.5 Å². The molecule has 0 unspecified atom stereocenters. The number of hydrogen-bond donors (Lipinski definition) is 2. The summed E-state index contributed by atoms with van der Waals surface area (Å²) in [6.07, 6.45) is 6.37. The lowest BCUT2D eigenvalue weighted by molar-refractivity contribution is 0.352. The lowest BCUT2D eigenvalue weighted by Gasteiger charge is -2.30. The summed E-state index contributed by atoms with van der Waals surface area (Å²) in [7, 11) is 4.06. The molecule has 1 fully saturated rings. The van der Waals surface area contributed by atoms with Gasteiger partial charge >= 0.3 is 0 Å². The van der Waals surface area contributed by atoms with Gasteiger partial charge in [-0.2, -0.15) is 4.98 Å². The highest BCUT2D eigenvalue weighted by Gasteiger charge is 2.22. The Kier molecular flexibility index (Phi) is 6.67. The summed E-state index contributed by atoms with van der Waals surface area (Å²) in [6.45, 7) is 0.894. The number of rotatable bonds is 7. The molecule has 4 aromatic rings. The smallest absolute Gasteiger partial charge is 0.225 e. The van der Waals surface area contributed by atoms with Gasteiger partial charge in [-0.05, 0) is 55.5 Å². The molecule has 0 saturated heterocycles. The van der Waals surface area contributed by atoms with Gasteiger partial charge in [0.05, 0.1) is 11.2 Å². The number of aromatic nitrogens is 3. The number of pyridine rings is 1. The van der Waals surface area contributed by atoms with Crippen LogP contribution in [-0.4, -0.2) is 41.1 Å². The quantitative estimate of drug-likeness (QED) is 0.398. The Balaban J connectivity index is 1.14. The van der Waals surface area contributed by atoms with E-state index in [4.69, 9.17) is 9.97 Å². The van der Waals surface area contributed by atoms with E-state index in [2.05, 4.69) is 56.9 Å². The summed E-state index contributed by atoms with van der Waals surface area (Å²) in [5, 5.41) is 8.43. The van der Waals surface area contributed by atoms with Gasteiger partial charge in [0.2, 0.25) is 5.95 Å². The number of nitrogens with one attached hydrogen (secondary N) is 2. The summed E-state index contributed by atoms with van der Waals surface area (Å²) >= 11 is 0. The fourth-order valence-corrected chi connectivity index (χ4v) is 4.68. The van der Waals surface area contributed by atoms with Crippen LogP contribution in [-0.2, 0) is 6.54 Å². The number of para-hydroxylation sites is 1. The molecular weight excluding hydrogens is 420 g/mol. The van der Waals surface area contributed by atoms with Crippen molar-refractivity contribution >= 4 is 22.7 Å². The number of anilines is 2. The van der Waals surface area contributed by atoms with Crippen LogP contribution in [0, 0.1) is 0 Å². The van der Waals surface area contributed by atoms with Crippen LogP contribution in [0.3, 0.4) is 0 Å². The van der Waals surface area contributed by atoms with Crippen molar-refractivity contribution < 1.29 is 0 Å². The molecule has 1 saturated carbocycles. The highest BCUT2D eigenvalue weighted by atomic mass is 15.2. The third kappa shape index (κ3) is 5.18. The molecule has 2 aromatic heterocycles. The van der Waals surface area contributed by atoms with Gasteiger partial charge < -0.3 is 15.5 Å². The van der Waals surface area contributed by atoms with E-state index in [1.54, 1.807) is 0 Å². The van der Waals surface area contributed by atoms with Gasteiger partial charge in [-0.3, -0.25) is 4.98 Å². The van der Waals surface area contributed by atoms with E-state index in [0.717, 1.165) is 66.2 Å². The molecule has 6 nitrogen and oxygen atoms in total. The number of nitrogens with zero attached hydrogens (tertiary/aromatic N) is 4. The molecule has 0 amide bonds. The van der Waals surface area contributed by atoms with E-state index in [0.29, 0.717) is 12.1 Å². The maximum absolute atomic E-state index is 4.80. The van der Waals surface area contributed by atoms with Crippen molar-refractivity contribution in [1.29, 1.82) is 0 Å². The van der Waals surface area contributed by atoms with Crippen molar-refractivity contribution in [2.75, 3.05) is 24.3 Å². The van der Waals surface area contributed by atoms with Crippen molar-refractivity contribution in [3.8, 4) is 11.3 Å². The first-order valence-corrected chi connectivity index (χ1v) is 12.1. The maximum atomic E-state index is 4.80. The second-order valence-electron chi connectivity index (χ2n) is 9.27. The molecule has 174 valence electrons. The standard InChI is InChI=1S/C28H32N6/c1-34(2)27-24-7-3-4-9-26(24)32-28(33-27)31-23-16-14-22(15-17-23)30-19-20-10-12-21(13-11-20)25-8-5-6-18-29-25/h3-13,18,22-23,30H,14-17,19H2,1-2H3,(H,31,32,33). The number of benzene rings is 2. The van der Waals surface area contributed by atoms with E-state index < -0.39 is 0 Å². The summed E-state index contributed by atoms with van der Waals surface area (Å²) in [6, 6.07) is 23.9. The zero-order valence-electron chi connectivity index (χ0n) is 19.9. The van der Waals surface area contributed by atoms with Gasteiger partial charge in [0.1, 0.15) is 5.82 Å². The minimum Gasteiger partial charge on any atom is -0.362 e. The van der Waals surface area contributed by atoms with E-state index in [9.17, 15) is 0 Å². The minimum absolute atomic E-state index is 0.409. The van der Waals surface area contributed by atoms with E-state index >= 15 is 0 Å². The lowest BCUT2D eigenvalue weighted by atomic mass is 9.91. The van der Waals surface area contributed by atoms with Crippen LogP contribution in [0.25, 0.3) is 22.2 Å². The molecule has 0 atom stereocenters. The van der Waals surface area contributed by atoms with Crippen LogP contribution >= 0.6 is 0 Å². The Labute approximate surface area is 201 Å². The summed E-state index contributed by atoms with van der Waals surface area (Å²) in [4.78, 5) is 16.1. The van der Waals surface area contributed by atoms with Crippen molar-refractivity contribution in [2.45, 2.75) is 44.3 Å². The Hall–Kier alpha value is -3.51. The monoisotopic (exact) mass is 452 g/mol. The Morgan fingerprint density at radius 1 is 0.824 bits per heavy atom. The minimum atomic E-state index is 0.409. The molecule has 1 aliphatic carbocycles. The van der Waals surface area contributed by atoms with E-state index in [1.807, 2.05) is 50.6 Å². The van der Waals surface area contributed by atoms with E-state index in [1.165, 1.54) is 5.56 Å². The fourth-order valence-electron chi connectivity index (χ4n) is 4.68. The molecule has 5 rings (SSSR count). The predicted octanol–water partition coefficient (Wildman–Crippen LogP) is 5.27. The normalized spacial score (nSPS) is 18.1. The zero-order valence-corrected chi connectivity index (χ0v) is 19.9. The van der Waals surface area contributed by atoms with Crippen molar-refractivity contribution in [2.24, 2.45) is 0 Å². The van der Waals surface area contributed by atoms with Crippen LogP contribution in [0.4, 0.5) is 11.8 Å². The average molecular weight is 453 g/mol. The molecule has 6 heteroatoms. The largest absolute Gasteiger partial charge is 0.362 e. The summed E-state index contributed by atoms with van der Waals surface area (Å²) in [5.41, 5.74) is 4.46. The third-order valence-electron chi connectivity index (χ3n) is 6.58. The van der Waals surface area contributed by atoms with E-state index in [-0.39, 0.29) is 0 Å². The fraction of sp³-hybridized carbons (Fsp3) is 0.321. The van der Waals surface area contributed by atoms with Crippen molar-refractivity contribution in [3.05, 3.63) is 78.5 Å². The lowest BCUT2D eigenvalue weighted by Crippen LogP contribution is -2.37. The van der Waals surface area contributed by atoms with Crippen molar-refractivity contribution in [3.63, 3.8) is 0 Å². The molecule has 0 radical (unpaired) electrons. The predicted molar refractivity (Wildman–Crippen MR) is 140 cm³/mol. The van der Waals surface area contributed by atoms with Crippen LogP contribution in [0.5, 0.6) is 0 Å². The molecule has 1 aliphatic rings.